The summed E-state index contributed by atoms with van der Waals surface area (Å²) in [5.74, 6) is 0.928. The van der Waals surface area contributed by atoms with Gasteiger partial charge in [0.1, 0.15) is 22.6 Å². The third kappa shape index (κ3) is 4.42. The van der Waals surface area contributed by atoms with Crippen LogP contribution in [-0.2, 0) is 15.1 Å². The Kier molecular flexibility index (Phi) is 6.62. The molecule has 1 aliphatic rings. The topological polar surface area (TPSA) is 134 Å². The third-order valence-corrected chi connectivity index (χ3v) is 7.08. The Labute approximate surface area is 212 Å². The van der Waals surface area contributed by atoms with E-state index < -0.39 is 11.4 Å². The van der Waals surface area contributed by atoms with Gasteiger partial charge in [-0.05, 0) is 44.6 Å². The van der Waals surface area contributed by atoms with Crippen molar-refractivity contribution in [3.05, 3.63) is 39.9 Å². The standard InChI is InChI=1S/C24H28ClN7O4/c1-13-5-7-16(8-6-13)32-18-17(14-9-15(25)11-26-10-14)27-20(21-30-23(33)36-31-21)28-19(18)29-22(32)24(2,35-4)12-34-3/h9-11,13,16H,5-8,12H2,1-4H3,(H,30,31,33). The molecule has 0 radical (unpaired) electrons. The maximum absolute atomic E-state index is 11.6. The summed E-state index contributed by atoms with van der Waals surface area (Å²) in [7, 11) is 3.28. The van der Waals surface area contributed by atoms with Gasteiger partial charge in [0, 0.05) is 38.2 Å². The highest BCUT2D eigenvalue weighted by molar-refractivity contribution is 6.30. The monoisotopic (exact) mass is 513 g/mol. The van der Waals surface area contributed by atoms with Gasteiger partial charge in [-0.1, -0.05) is 23.7 Å². The van der Waals surface area contributed by atoms with Crippen molar-refractivity contribution in [2.24, 2.45) is 5.92 Å². The molecule has 1 atom stereocenters. The van der Waals surface area contributed by atoms with Crippen LogP contribution < -0.4 is 5.76 Å². The molecule has 12 heteroatoms. The largest absolute Gasteiger partial charge is 0.439 e. The first-order chi connectivity index (χ1) is 17.3. The van der Waals surface area contributed by atoms with Gasteiger partial charge in [0.05, 0.1) is 11.6 Å². The predicted octanol–water partition coefficient (Wildman–Crippen LogP) is 4.14. The first-order valence-electron chi connectivity index (χ1n) is 11.8. The minimum absolute atomic E-state index is 0.104. The van der Waals surface area contributed by atoms with E-state index in [0.717, 1.165) is 31.2 Å². The lowest BCUT2D eigenvalue weighted by atomic mass is 9.87. The molecule has 0 amide bonds. The van der Waals surface area contributed by atoms with E-state index in [1.807, 2.05) is 6.92 Å². The molecule has 4 aromatic rings. The molecular formula is C24H28ClN7O4. The molecule has 1 aliphatic carbocycles. The molecule has 1 fully saturated rings. The number of hydrogen-bond acceptors (Lipinski definition) is 9. The van der Waals surface area contributed by atoms with E-state index >= 15 is 0 Å². The second kappa shape index (κ2) is 9.72. The van der Waals surface area contributed by atoms with Crippen LogP contribution in [-0.4, -0.2) is 55.5 Å². The summed E-state index contributed by atoms with van der Waals surface area (Å²) in [5, 5.41) is 4.25. The van der Waals surface area contributed by atoms with Crippen molar-refractivity contribution in [1.29, 1.82) is 0 Å². The van der Waals surface area contributed by atoms with Crippen LogP contribution in [0.25, 0.3) is 34.1 Å². The van der Waals surface area contributed by atoms with Crippen LogP contribution in [0.5, 0.6) is 0 Å². The average molecular weight is 514 g/mol. The Balaban J connectivity index is 1.84. The zero-order valence-electron chi connectivity index (χ0n) is 20.6. The number of imidazole rings is 1. The number of pyridine rings is 1. The molecule has 11 nitrogen and oxygen atoms in total. The molecule has 1 saturated carbocycles. The molecule has 5 rings (SSSR count). The highest BCUT2D eigenvalue weighted by Gasteiger charge is 2.37. The SMILES string of the molecule is COCC(C)(OC)c1nc2nc(-c3noc(=O)[nH]3)nc(-c3cncc(Cl)c3)c2n1C1CCC(C)CC1. The maximum atomic E-state index is 11.6. The van der Waals surface area contributed by atoms with Crippen molar-refractivity contribution in [2.75, 3.05) is 20.8 Å². The average Bonchev–Trinajstić information content (AvgIpc) is 3.48. The number of aromatic amines is 1. The minimum Gasteiger partial charge on any atom is -0.381 e. The molecular weight excluding hydrogens is 486 g/mol. The van der Waals surface area contributed by atoms with E-state index in [1.54, 1.807) is 32.7 Å². The quantitative estimate of drug-likeness (QED) is 0.386. The Morgan fingerprint density at radius 2 is 1.97 bits per heavy atom. The van der Waals surface area contributed by atoms with Gasteiger partial charge in [-0.25, -0.2) is 19.7 Å². The second-order valence-electron chi connectivity index (χ2n) is 9.49. The molecule has 190 valence electrons. The van der Waals surface area contributed by atoms with Gasteiger partial charge in [0.2, 0.25) is 11.6 Å². The first-order valence-corrected chi connectivity index (χ1v) is 12.2. The zero-order chi connectivity index (χ0) is 25.4. The minimum atomic E-state index is -0.843. The Bertz CT molecular complexity index is 1440. The highest BCUT2D eigenvalue weighted by atomic mass is 35.5. The van der Waals surface area contributed by atoms with Gasteiger partial charge < -0.3 is 14.0 Å². The van der Waals surface area contributed by atoms with E-state index in [-0.39, 0.29) is 17.7 Å². The molecule has 4 heterocycles. The normalized spacial score (nSPS) is 20.0. The molecule has 0 spiro atoms. The van der Waals surface area contributed by atoms with E-state index in [0.29, 0.717) is 40.3 Å². The second-order valence-corrected chi connectivity index (χ2v) is 9.93. The summed E-state index contributed by atoms with van der Waals surface area (Å²) in [6.07, 6.45) is 7.42. The molecule has 0 aliphatic heterocycles. The summed E-state index contributed by atoms with van der Waals surface area (Å²) in [4.78, 5) is 32.9. The van der Waals surface area contributed by atoms with Gasteiger partial charge >= 0.3 is 5.76 Å². The van der Waals surface area contributed by atoms with Gasteiger partial charge in [0.15, 0.2) is 5.65 Å². The number of methoxy groups -OCH3 is 2. The van der Waals surface area contributed by atoms with Crippen LogP contribution in [0.1, 0.15) is 51.4 Å². The number of hydrogen-bond donors (Lipinski definition) is 1. The highest BCUT2D eigenvalue weighted by Crippen LogP contribution is 2.41. The Hall–Kier alpha value is -3.15. The summed E-state index contributed by atoms with van der Waals surface area (Å²) < 4.78 is 18.4. The van der Waals surface area contributed by atoms with E-state index in [9.17, 15) is 4.79 Å². The number of nitrogens with zero attached hydrogens (tertiary/aromatic N) is 6. The van der Waals surface area contributed by atoms with Crippen molar-refractivity contribution in [2.45, 2.75) is 51.2 Å². The molecule has 1 unspecified atom stereocenters. The number of H-pyrrole nitrogens is 1. The summed E-state index contributed by atoms with van der Waals surface area (Å²) >= 11 is 6.31. The molecule has 4 aromatic heterocycles. The van der Waals surface area contributed by atoms with Crippen LogP contribution >= 0.6 is 11.6 Å². The van der Waals surface area contributed by atoms with Gasteiger partial charge in [-0.15, -0.1) is 0 Å². The number of halogens is 1. The van der Waals surface area contributed by atoms with Crippen LogP contribution in [0.4, 0.5) is 0 Å². The van der Waals surface area contributed by atoms with Crippen LogP contribution in [0.3, 0.4) is 0 Å². The van der Waals surface area contributed by atoms with E-state index in [2.05, 4.69) is 31.6 Å². The summed E-state index contributed by atoms with van der Waals surface area (Å²) in [6, 6.07) is 1.95. The predicted molar refractivity (Wildman–Crippen MR) is 133 cm³/mol. The lowest BCUT2D eigenvalue weighted by Crippen LogP contribution is -2.35. The Morgan fingerprint density at radius 1 is 1.19 bits per heavy atom. The number of aromatic nitrogens is 7. The van der Waals surface area contributed by atoms with Gasteiger partial charge in [-0.3, -0.25) is 14.5 Å². The van der Waals surface area contributed by atoms with Crippen molar-refractivity contribution in [1.82, 2.24) is 34.6 Å². The number of fused-ring (bicyclic) bond motifs is 1. The lowest BCUT2D eigenvalue weighted by molar-refractivity contribution is -0.0644. The zero-order valence-corrected chi connectivity index (χ0v) is 21.4. The molecule has 0 saturated heterocycles. The molecule has 36 heavy (non-hydrogen) atoms. The van der Waals surface area contributed by atoms with Crippen molar-refractivity contribution in [3.8, 4) is 22.9 Å². The summed E-state index contributed by atoms with van der Waals surface area (Å²) in [5.41, 5.74) is 1.59. The van der Waals surface area contributed by atoms with Crippen LogP contribution in [0.15, 0.2) is 27.8 Å². The first kappa shape index (κ1) is 24.5. The lowest BCUT2D eigenvalue weighted by Gasteiger charge is -2.33. The van der Waals surface area contributed by atoms with E-state index in [1.165, 1.54) is 0 Å². The van der Waals surface area contributed by atoms with Crippen molar-refractivity contribution in [3.63, 3.8) is 0 Å². The molecule has 0 aromatic carbocycles. The number of nitrogens with one attached hydrogen (secondary N) is 1. The van der Waals surface area contributed by atoms with Gasteiger partial charge in [-0.2, -0.15) is 0 Å². The van der Waals surface area contributed by atoms with Crippen molar-refractivity contribution >= 4 is 22.8 Å². The van der Waals surface area contributed by atoms with Crippen molar-refractivity contribution < 1.29 is 14.0 Å². The summed E-state index contributed by atoms with van der Waals surface area (Å²) in [6.45, 7) is 4.52. The van der Waals surface area contributed by atoms with Gasteiger partial charge in [0.25, 0.3) is 0 Å². The van der Waals surface area contributed by atoms with Crippen LogP contribution in [0, 0.1) is 5.92 Å². The molecule has 0 bridgehead atoms. The smallest absolute Gasteiger partial charge is 0.381 e. The number of rotatable bonds is 7. The van der Waals surface area contributed by atoms with E-state index in [4.69, 9.17) is 35.6 Å². The fourth-order valence-corrected chi connectivity index (χ4v) is 5.07. The fourth-order valence-electron chi connectivity index (χ4n) is 4.90. The molecule has 1 N–H and O–H groups in total. The van der Waals surface area contributed by atoms with Crippen LogP contribution in [0.2, 0.25) is 5.02 Å². The fraction of sp³-hybridized carbons (Fsp3) is 0.500. The maximum Gasteiger partial charge on any atom is 0.439 e. The number of ether oxygens (including phenoxy) is 2. The Morgan fingerprint density at radius 3 is 2.61 bits per heavy atom. The third-order valence-electron chi connectivity index (χ3n) is 6.87.